The molecule has 5 rings (SSSR count). The number of carbonyl (C=O) groups excluding carboxylic acids is 1. The van der Waals surface area contributed by atoms with Gasteiger partial charge in [-0.15, -0.1) is 0 Å². The van der Waals surface area contributed by atoms with Crippen molar-refractivity contribution in [1.29, 1.82) is 0 Å². The van der Waals surface area contributed by atoms with Crippen LogP contribution in [0, 0.1) is 11.8 Å². The molecule has 0 spiro atoms. The Kier molecular flexibility index (Phi) is 9.62. The van der Waals surface area contributed by atoms with E-state index in [4.69, 9.17) is 21.1 Å². The number of allylic oxidation sites excluding steroid dienone is 1. The molecule has 0 aromatic heterocycles. The molecule has 3 aliphatic rings. The van der Waals surface area contributed by atoms with E-state index in [1.807, 2.05) is 25.1 Å². The molecule has 2 heterocycles. The zero-order chi connectivity index (χ0) is 29.0. The lowest BCUT2D eigenvalue weighted by Gasteiger charge is -2.40. The maximum absolute atomic E-state index is 13.3. The van der Waals surface area contributed by atoms with Crippen molar-refractivity contribution in [2.24, 2.45) is 11.8 Å². The molecule has 222 valence electrons. The fourth-order valence-corrected chi connectivity index (χ4v) is 7.82. The highest BCUT2D eigenvalue weighted by atomic mass is 35.5. The number of nitrogens with one attached hydrogen (secondary N) is 1. The number of sulfonamides is 1. The molecule has 7 nitrogen and oxygen atoms in total. The monoisotopic (exact) mass is 600 g/mol. The highest BCUT2D eigenvalue weighted by Gasteiger charge is 2.33. The number of fused-ring (bicyclic) bond motifs is 3. The molecule has 1 amide bonds. The van der Waals surface area contributed by atoms with Crippen LogP contribution in [0.25, 0.3) is 0 Å². The molecule has 41 heavy (non-hydrogen) atoms. The SMILES string of the molecule is CC[C@@H]1CC[C@H](OC)/C=C/[C@@H]2CC[C@H]2CN2CCCCc3cc(Cl)ccc3COc3ccc(cc32)C(=O)NS1(=O)=O. The molecule has 1 saturated carbocycles. The van der Waals surface area contributed by atoms with Gasteiger partial charge in [-0.2, -0.15) is 0 Å². The highest BCUT2D eigenvalue weighted by Crippen LogP contribution is 2.40. The number of aryl methyl sites for hydroxylation is 1. The van der Waals surface area contributed by atoms with Crippen LogP contribution in [0.3, 0.4) is 0 Å². The van der Waals surface area contributed by atoms with E-state index in [2.05, 4.69) is 21.8 Å². The fraction of sp³-hybridized carbons (Fsp3) is 0.531. The lowest BCUT2D eigenvalue weighted by Crippen LogP contribution is -2.40. The Hall–Kier alpha value is -2.55. The molecule has 1 N–H and O–H groups in total. The average Bonchev–Trinajstić information content (AvgIpc) is 2.96. The normalized spacial score (nSPS) is 27.6. The van der Waals surface area contributed by atoms with E-state index in [1.54, 1.807) is 25.3 Å². The summed E-state index contributed by atoms with van der Waals surface area (Å²) in [5.41, 5.74) is 3.43. The molecule has 0 radical (unpaired) electrons. The minimum Gasteiger partial charge on any atom is -0.487 e. The van der Waals surface area contributed by atoms with Gasteiger partial charge in [-0.05, 0) is 105 Å². The second-order valence-electron chi connectivity index (χ2n) is 11.5. The summed E-state index contributed by atoms with van der Waals surface area (Å²) >= 11 is 6.31. The van der Waals surface area contributed by atoms with Crippen molar-refractivity contribution >= 4 is 33.2 Å². The molecule has 2 aliphatic heterocycles. The van der Waals surface area contributed by atoms with Crippen molar-refractivity contribution < 1.29 is 22.7 Å². The van der Waals surface area contributed by atoms with Gasteiger partial charge in [0.25, 0.3) is 5.91 Å². The van der Waals surface area contributed by atoms with E-state index in [0.717, 1.165) is 61.5 Å². The number of carbonyl (C=O) groups is 1. The van der Waals surface area contributed by atoms with E-state index in [9.17, 15) is 13.2 Å². The molecule has 2 bridgehead atoms. The first-order chi connectivity index (χ1) is 19.8. The molecular weight excluding hydrogens is 560 g/mol. The first kappa shape index (κ1) is 29.9. The number of hydrogen-bond donors (Lipinski definition) is 1. The van der Waals surface area contributed by atoms with Crippen LogP contribution in [0.1, 0.15) is 73.4 Å². The van der Waals surface area contributed by atoms with Crippen LogP contribution in [0.5, 0.6) is 5.75 Å². The number of ether oxygens (including phenoxy) is 2. The summed E-state index contributed by atoms with van der Waals surface area (Å²) in [6.45, 7) is 3.87. The third kappa shape index (κ3) is 7.09. The molecule has 0 saturated heterocycles. The Labute approximate surface area is 249 Å². The first-order valence-corrected chi connectivity index (χ1v) is 16.8. The standard InChI is InChI=1S/C32H41ClN2O5S/c1-3-29-15-14-28(39-2)13-10-22-7-8-25(22)20-35-17-5-4-6-23-18-27(33)12-9-26(23)21-40-31-16-11-24(19-30(31)35)32(36)34-41(29,37)38/h9-13,16,18-19,22,25,28-29H,3-8,14-15,17,20-21H2,1-2H3,(H,34,36)/b13-10+/t22-,25-,28+,29+/m0/s1. The minimum atomic E-state index is -3.87. The molecule has 2 aromatic rings. The third-order valence-corrected chi connectivity index (χ3v) is 11.1. The summed E-state index contributed by atoms with van der Waals surface area (Å²) < 4.78 is 41.0. The topological polar surface area (TPSA) is 84.9 Å². The number of anilines is 1. The molecule has 0 unspecified atom stereocenters. The smallest absolute Gasteiger partial charge is 0.264 e. The lowest BCUT2D eigenvalue weighted by atomic mass is 9.73. The third-order valence-electron chi connectivity index (χ3n) is 8.95. The maximum atomic E-state index is 13.3. The van der Waals surface area contributed by atoms with Gasteiger partial charge in [-0.3, -0.25) is 4.79 Å². The molecule has 2 aromatic carbocycles. The molecule has 1 fully saturated rings. The average molecular weight is 601 g/mol. The largest absolute Gasteiger partial charge is 0.487 e. The number of benzene rings is 2. The number of methoxy groups -OCH3 is 1. The quantitative estimate of drug-likeness (QED) is 0.408. The summed E-state index contributed by atoms with van der Waals surface area (Å²) in [5.74, 6) is 0.988. The second kappa shape index (κ2) is 13.2. The van der Waals surface area contributed by atoms with Gasteiger partial charge in [0.05, 0.1) is 17.0 Å². The molecule has 9 heteroatoms. The van der Waals surface area contributed by atoms with Crippen LogP contribution in [0.2, 0.25) is 5.02 Å². The van der Waals surface area contributed by atoms with Gasteiger partial charge in [-0.1, -0.05) is 36.7 Å². The minimum absolute atomic E-state index is 0.162. The first-order valence-electron chi connectivity index (χ1n) is 14.8. The summed E-state index contributed by atoms with van der Waals surface area (Å²) in [6, 6.07) is 11.2. The summed E-state index contributed by atoms with van der Waals surface area (Å²) in [5, 5.41) is 0.0379. The van der Waals surface area contributed by atoms with Gasteiger partial charge in [0.15, 0.2) is 0 Å². The lowest BCUT2D eigenvalue weighted by molar-refractivity contribution is 0.0980. The molecular formula is C32H41ClN2O5S. The number of nitrogens with zero attached hydrogens (tertiary/aromatic N) is 1. The van der Waals surface area contributed by atoms with Crippen molar-refractivity contribution in [2.45, 2.75) is 76.3 Å². The van der Waals surface area contributed by atoms with E-state index in [1.165, 1.54) is 5.56 Å². The van der Waals surface area contributed by atoms with Gasteiger partial charge in [0, 0.05) is 30.8 Å². The van der Waals surface area contributed by atoms with Crippen LogP contribution in [0.4, 0.5) is 5.69 Å². The van der Waals surface area contributed by atoms with Crippen molar-refractivity contribution in [3.63, 3.8) is 0 Å². The van der Waals surface area contributed by atoms with Crippen LogP contribution in [-0.4, -0.2) is 45.9 Å². The Bertz CT molecular complexity index is 1380. The van der Waals surface area contributed by atoms with Crippen molar-refractivity contribution in [3.8, 4) is 5.75 Å². The van der Waals surface area contributed by atoms with Gasteiger partial charge in [0.2, 0.25) is 10.0 Å². The zero-order valence-electron chi connectivity index (χ0n) is 24.0. The van der Waals surface area contributed by atoms with E-state index in [0.29, 0.717) is 49.0 Å². The Morgan fingerprint density at radius 3 is 2.66 bits per heavy atom. The number of hydrogen-bond acceptors (Lipinski definition) is 6. The molecule has 4 atom stereocenters. The van der Waals surface area contributed by atoms with Crippen LogP contribution in [0.15, 0.2) is 48.6 Å². The van der Waals surface area contributed by atoms with Crippen molar-refractivity contribution in [2.75, 3.05) is 25.1 Å². The Morgan fingerprint density at radius 2 is 1.90 bits per heavy atom. The number of rotatable bonds is 2. The zero-order valence-corrected chi connectivity index (χ0v) is 25.6. The summed E-state index contributed by atoms with van der Waals surface area (Å²) in [6.07, 6.45) is 10.8. The van der Waals surface area contributed by atoms with Crippen LogP contribution >= 0.6 is 11.6 Å². The second-order valence-corrected chi connectivity index (χ2v) is 13.9. The fourth-order valence-electron chi connectivity index (χ4n) is 6.20. The van der Waals surface area contributed by atoms with E-state index in [-0.39, 0.29) is 6.10 Å². The van der Waals surface area contributed by atoms with Gasteiger partial charge < -0.3 is 14.4 Å². The maximum Gasteiger partial charge on any atom is 0.264 e. The van der Waals surface area contributed by atoms with Gasteiger partial charge in [0.1, 0.15) is 12.4 Å². The predicted molar refractivity (Wildman–Crippen MR) is 163 cm³/mol. The van der Waals surface area contributed by atoms with Crippen molar-refractivity contribution in [3.05, 3.63) is 70.3 Å². The highest BCUT2D eigenvalue weighted by molar-refractivity contribution is 7.90. The summed E-state index contributed by atoms with van der Waals surface area (Å²) in [4.78, 5) is 15.7. The van der Waals surface area contributed by atoms with Crippen molar-refractivity contribution in [1.82, 2.24) is 4.72 Å². The van der Waals surface area contributed by atoms with E-state index < -0.39 is 21.2 Å². The predicted octanol–water partition coefficient (Wildman–Crippen LogP) is 6.29. The summed E-state index contributed by atoms with van der Waals surface area (Å²) in [7, 11) is -2.21. The number of halogens is 1. The van der Waals surface area contributed by atoms with Crippen LogP contribution < -0.4 is 14.4 Å². The Balaban J connectivity index is 1.53. The van der Waals surface area contributed by atoms with Gasteiger partial charge >= 0.3 is 0 Å². The van der Waals surface area contributed by atoms with E-state index >= 15 is 0 Å². The number of amides is 1. The van der Waals surface area contributed by atoms with Crippen LogP contribution in [-0.2, 0) is 27.8 Å². The molecule has 1 aliphatic carbocycles. The Morgan fingerprint density at radius 1 is 1.05 bits per heavy atom. The van der Waals surface area contributed by atoms with Gasteiger partial charge in [-0.25, -0.2) is 13.1 Å².